The summed E-state index contributed by atoms with van der Waals surface area (Å²) in [6.45, 7) is 5.57. The van der Waals surface area contributed by atoms with Crippen molar-refractivity contribution in [3.05, 3.63) is 30.3 Å². The highest BCUT2D eigenvalue weighted by molar-refractivity contribution is 5.89. The van der Waals surface area contributed by atoms with Gasteiger partial charge in [-0.15, -0.1) is 0 Å². The fourth-order valence-corrected chi connectivity index (χ4v) is 2.97. The lowest BCUT2D eigenvalue weighted by Crippen LogP contribution is -2.39. The summed E-state index contributed by atoms with van der Waals surface area (Å²) in [6, 6.07) is 9.59. The van der Waals surface area contributed by atoms with E-state index in [4.69, 9.17) is 4.74 Å². The van der Waals surface area contributed by atoms with E-state index in [1.54, 1.807) is 4.90 Å². The Morgan fingerprint density at radius 3 is 2.56 bits per heavy atom. The SMILES string of the molecule is CC(C)N1CC(C(=O)NCCNC(=O)CCCOc2ccccc2)CC1=O. The zero-order valence-electron chi connectivity index (χ0n) is 16.1. The zero-order valence-corrected chi connectivity index (χ0v) is 16.1. The van der Waals surface area contributed by atoms with Crippen molar-refractivity contribution in [2.75, 3.05) is 26.2 Å². The summed E-state index contributed by atoms with van der Waals surface area (Å²) in [5, 5.41) is 5.57. The van der Waals surface area contributed by atoms with Crippen molar-refractivity contribution in [3.8, 4) is 5.75 Å². The van der Waals surface area contributed by atoms with Crippen LogP contribution in [0.1, 0.15) is 33.1 Å². The average Bonchev–Trinajstić information content (AvgIpc) is 3.05. The van der Waals surface area contributed by atoms with E-state index in [1.807, 2.05) is 44.2 Å². The molecule has 0 aromatic heterocycles. The van der Waals surface area contributed by atoms with Gasteiger partial charge in [-0.3, -0.25) is 14.4 Å². The first-order valence-corrected chi connectivity index (χ1v) is 9.49. The number of likely N-dealkylation sites (tertiary alicyclic amines) is 1. The van der Waals surface area contributed by atoms with Crippen LogP contribution in [0.3, 0.4) is 0 Å². The molecular weight excluding hydrogens is 346 g/mol. The molecule has 0 aliphatic carbocycles. The molecule has 2 rings (SSSR count). The highest BCUT2D eigenvalue weighted by atomic mass is 16.5. The van der Waals surface area contributed by atoms with Crippen LogP contribution in [-0.2, 0) is 14.4 Å². The maximum absolute atomic E-state index is 12.1. The van der Waals surface area contributed by atoms with Crippen LogP contribution in [0.5, 0.6) is 5.75 Å². The van der Waals surface area contributed by atoms with Crippen LogP contribution in [0.15, 0.2) is 30.3 Å². The van der Waals surface area contributed by atoms with E-state index in [0.717, 1.165) is 5.75 Å². The van der Waals surface area contributed by atoms with E-state index in [9.17, 15) is 14.4 Å². The Kier molecular flexibility index (Phi) is 8.10. The molecule has 1 aromatic carbocycles. The second-order valence-corrected chi connectivity index (χ2v) is 6.95. The van der Waals surface area contributed by atoms with E-state index < -0.39 is 0 Å². The summed E-state index contributed by atoms with van der Waals surface area (Å²) < 4.78 is 5.54. The molecule has 1 aliphatic rings. The Morgan fingerprint density at radius 1 is 1.19 bits per heavy atom. The highest BCUT2D eigenvalue weighted by Gasteiger charge is 2.35. The molecule has 1 aliphatic heterocycles. The molecule has 1 fully saturated rings. The fourth-order valence-electron chi connectivity index (χ4n) is 2.97. The minimum Gasteiger partial charge on any atom is -0.494 e. The van der Waals surface area contributed by atoms with E-state index >= 15 is 0 Å². The first-order valence-electron chi connectivity index (χ1n) is 9.49. The molecule has 27 heavy (non-hydrogen) atoms. The number of hydrogen-bond donors (Lipinski definition) is 2. The summed E-state index contributed by atoms with van der Waals surface area (Å²) in [4.78, 5) is 37.5. The highest BCUT2D eigenvalue weighted by Crippen LogP contribution is 2.19. The van der Waals surface area contributed by atoms with Gasteiger partial charge in [0.05, 0.1) is 12.5 Å². The van der Waals surface area contributed by atoms with Gasteiger partial charge in [0.15, 0.2) is 0 Å². The minimum absolute atomic E-state index is 0.0242. The third-order valence-electron chi connectivity index (χ3n) is 4.46. The molecule has 7 heteroatoms. The van der Waals surface area contributed by atoms with Crippen molar-refractivity contribution in [2.45, 2.75) is 39.2 Å². The zero-order chi connectivity index (χ0) is 19.6. The number of nitrogens with zero attached hydrogens (tertiary/aromatic N) is 1. The molecule has 148 valence electrons. The van der Waals surface area contributed by atoms with Crippen LogP contribution in [0, 0.1) is 5.92 Å². The Hall–Kier alpha value is -2.57. The van der Waals surface area contributed by atoms with Gasteiger partial charge in [0.1, 0.15) is 5.75 Å². The number of ether oxygens (including phenoxy) is 1. The molecule has 0 radical (unpaired) electrons. The van der Waals surface area contributed by atoms with Gasteiger partial charge in [0, 0.05) is 38.5 Å². The molecule has 1 saturated heterocycles. The first kappa shape index (κ1) is 20.7. The molecule has 7 nitrogen and oxygen atoms in total. The van der Waals surface area contributed by atoms with Crippen LogP contribution in [0.4, 0.5) is 0 Å². The Labute approximate surface area is 160 Å². The first-order chi connectivity index (χ1) is 13.0. The standard InChI is InChI=1S/C20H29N3O4/c1-15(2)23-14-16(13-19(23)25)20(26)22-11-10-21-18(24)9-6-12-27-17-7-4-3-5-8-17/h3-5,7-8,15-16H,6,9-14H2,1-2H3,(H,21,24)(H,22,26). The Balaban J connectivity index is 1.52. The summed E-state index contributed by atoms with van der Waals surface area (Å²) >= 11 is 0. The topological polar surface area (TPSA) is 87.7 Å². The molecule has 1 aromatic rings. The van der Waals surface area contributed by atoms with Gasteiger partial charge in [-0.2, -0.15) is 0 Å². The quantitative estimate of drug-likeness (QED) is 0.604. The third kappa shape index (κ3) is 6.92. The summed E-state index contributed by atoms with van der Waals surface area (Å²) in [7, 11) is 0. The number of para-hydroxylation sites is 1. The van der Waals surface area contributed by atoms with Crippen LogP contribution >= 0.6 is 0 Å². The lowest BCUT2D eigenvalue weighted by molar-refractivity contribution is -0.129. The number of amides is 3. The number of carbonyl (C=O) groups is 3. The number of carbonyl (C=O) groups excluding carboxylic acids is 3. The van der Waals surface area contributed by atoms with E-state index in [2.05, 4.69) is 10.6 Å². The molecule has 1 unspecified atom stereocenters. The van der Waals surface area contributed by atoms with Crippen LogP contribution < -0.4 is 15.4 Å². The second kappa shape index (κ2) is 10.5. The predicted molar refractivity (Wildman–Crippen MR) is 102 cm³/mol. The summed E-state index contributed by atoms with van der Waals surface area (Å²) in [5.41, 5.74) is 0. The molecule has 0 bridgehead atoms. The fraction of sp³-hybridized carbons (Fsp3) is 0.550. The van der Waals surface area contributed by atoms with Gasteiger partial charge in [0.2, 0.25) is 17.7 Å². The van der Waals surface area contributed by atoms with Crippen molar-refractivity contribution in [1.29, 1.82) is 0 Å². The van der Waals surface area contributed by atoms with Crippen LogP contribution in [0.25, 0.3) is 0 Å². The molecule has 1 heterocycles. The van der Waals surface area contributed by atoms with E-state index in [0.29, 0.717) is 39.1 Å². The smallest absolute Gasteiger partial charge is 0.225 e. The lowest BCUT2D eigenvalue weighted by atomic mass is 10.1. The van der Waals surface area contributed by atoms with Gasteiger partial charge < -0.3 is 20.3 Å². The van der Waals surface area contributed by atoms with Crippen molar-refractivity contribution in [1.82, 2.24) is 15.5 Å². The lowest BCUT2D eigenvalue weighted by Gasteiger charge is -2.20. The third-order valence-corrected chi connectivity index (χ3v) is 4.46. The number of hydrogen-bond acceptors (Lipinski definition) is 4. The van der Waals surface area contributed by atoms with Crippen LogP contribution in [0.2, 0.25) is 0 Å². The minimum atomic E-state index is -0.300. The van der Waals surface area contributed by atoms with E-state index in [-0.39, 0.29) is 36.1 Å². The Bertz CT molecular complexity index is 633. The van der Waals surface area contributed by atoms with Gasteiger partial charge in [-0.25, -0.2) is 0 Å². The number of nitrogens with one attached hydrogen (secondary N) is 2. The van der Waals surface area contributed by atoms with Crippen molar-refractivity contribution < 1.29 is 19.1 Å². The largest absolute Gasteiger partial charge is 0.494 e. The van der Waals surface area contributed by atoms with Gasteiger partial charge in [-0.05, 0) is 32.4 Å². The monoisotopic (exact) mass is 375 g/mol. The number of rotatable bonds is 10. The average molecular weight is 375 g/mol. The van der Waals surface area contributed by atoms with Crippen molar-refractivity contribution in [2.24, 2.45) is 5.92 Å². The maximum Gasteiger partial charge on any atom is 0.225 e. The van der Waals surface area contributed by atoms with Crippen molar-refractivity contribution in [3.63, 3.8) is 0 Å². The molecule has 1 atom stereocenters. The second-order valence-electron chi connectivity index (χ2n) is 6.95. The van der Waals surface area contributed by atoms with Crippen LogP contribution in [-0.4, -0.2) is 54.9 Å². The normalized spacial score (nSPS) is 16.5. The van der Waals surface area contributed by atoms with Gasteiger partial charge in [-0.1, -0.05) is 18.2 Å². The van der Waals surface area contributed by atoms with Gasteiger partial charge >= 0.3 is 0 Å². The maximum atomic E-state index is 12.1. The number of benzene rings is 1. The molecule has 2 N–H and O–H groups in total. The van der Waals surface area contributed by atoms with Gasteiger partial charge in [0.25, 0.3) is 0 Å². The molecular formula is C20H29N3O4. The molecule has 0 spiro atoms. The molecule has 0 saturated carbocycles. The summed E-state index contributed by atoms with van der Waals surface area (Å²) in [6.07, 6.45) is 1.27. The van der Waals surface area contributed by atoms with E-state index in [1.165, 1.54) is 0 Å². The molecule has 3 amide bonds. The Morgan fingerprint density at radius 2 is 1.89 bits per heavy atom. The van der Waals surface area contributed by atoms with Crippen molar-refractivity contribution >= 4 is 17.7 Å². The summed E-state index contributed by atoms with van der Waals surface area (Å²) in [5.74, 6) is 0.323. The predicted octanol–water partition coefficient (Wildman–Crippen LogP) is 1.33.